The van der Waals surface area contributed by atoms with Crippen molar-refractivity contribution in [2.45, 2.75) is 6.92 Å². The van der Waals surface area contributed by atoms with Gasteiger partial charge in [0.1, 0.15) is 0 Å². The first-order valence-corrected chi connectivity index (χ1v) is 3.85. The number of methoxy groups -OCH3 is 2. The summed E-state index contributed by atoms with van der Waals surface area (Å²) in [6.07, 6.45) is 0. The maximum Gasteiger partial charge on any atom is 0.162 e. The second-order valence-electron chi connectivity index (χ2n) is 2.63. The van der Waals surface area contributed by atoms with Crippen LogP contribution in [0, 0.1) is 18.3 Å². The molecule has 0 aliphatic rings. The van der Waals surface area contributed by atoms with E-state index in [0.717, 1.165) is 5.56 Å². The molecule has 68 valence electrons. The quantitative estimate of drug-likeness (QED) is 0.692. The topological polar surface area (TPSA) is 42.2 Å². The summed E-state index contributed by atoms with van der Waals surface area (Å²) in [7, 11) is 3.12. The normalized spacial score (nSPS) is 9.08. The van der Waals surface area contributed by atoms with Crippen molar-refractivity contribution in [2.24, 2.45) is 0 Å². The first kappa shape index (κ1) is 9.40. The first-order chi connectivity index (χ1) is 6.22. The van der Waals surface area contributed by atoms with Crippen LogP contribution in [-0.2, 0) is 0 Å². The molecule has 3 heteroatoms. The van der Waals surface area contributed by atoms with E-state index in [-0.39, 0.29) is 0 Å². The molecule has 0 N–H and O–H groups in total. The van der Waals surface area contributed by atoms with Crippen molar-refractivity contribution in [3.8, 4) is 17.6 Å². The van der Waals surface area contributed by atoms with Crippen LogP contribution in [0.5, 0.6) is 11.5 Å². The van der Waals surface area contributed by atoms with Gasteiger partial charge in [-0.05, 0) is 18.6 Å². The van der Waals surface area contributed by atoms with Gasteiger partial charge in [-0.3, -0.25) is 0 Å². The molecule has 13 heavy (non-hydrogen) atoms. The van der Waals surface area contributed by atoms with Gasteiger partial charge in [-0.15, -0.1) is 0 Å². The lowest BCUT2D eigenvalue weighted by atomic mass is 10.1. The Labute approximate surface area is 77.5 Å². The predicted octanol–water partition coefficient (Wildman–Crippen LogP) is 1.88. The van der Waals surface area contributed by atoms with Crippen LogP contribution in [0.3, 0.4) is 0 Å². The molecule has 0 saturated carbocycles. The molecule has 0 fully saturated rings. The van der Waals surface area contributed by atoms with Crippen molar-refractivity contribution in [3.63, 3.8) is 0 Å². The fourth-order valence-electron chi connectivity index (χ4n) is 1.10. The van der Waals surface area contributed by atoms with Gasteiger partial charge in [0.15, 0.2) is 11.5 Å². The van der Waals surface area contributed by atoms with Crippen LogP contribution in [0.4, 0.5) is 0 Å². The second-order valence-corrected chi connectivity index (χ2v) is 2.63. The van der Waals surface area contributed by atoms with Gasteiger partial charge in [0, 0.05) is 6.07 Å². The van der Waals surface area contributed by atoms with Crippen molar-refractivity contribution < 1.29 is 9.47 Å². The van der Waals surface area contributed by atoms with E-state index in [0.29, 0.717) is 17.1 Å². The van der Waals surface area contributed by atoms with E-state index < -0.39 is 0 Å². The van der Waals surface area contributed by atoms with Crippen molar-refractivity contribution in [1.82, 2.24) is 0 Å². The zero-order valence-corrected chi connectivity index (χ0v) is 7.92. The Bertz CT molecular complexity index is 353. The molecule has 0 spiro atoms. The smallest absolute Gasteiger partial charge is 0.162 e. The molecule has 1 rings (SSSR count). The summed E-state index contributed by atoms with van der Waals surface area (Å²) >= 11 is 0. The van der Waals surface area contributed by atoms with Crippen LogP contribution in [0.25, 0.3) is 0 Å². The first-order valence-electron chi connectivity index (χ1n) is 3.85. The number of benzene rings is 1. The molecule has 0 radical (unpaired) electrons. The second kappa shape index (κ2) is 3.81. The van der Waals surface area contributed by atoms with Gasteiger partial charge in [0.2, 0.25) is 0 Å². The fourth-order valence-corrected chi connectivity index (χ4v) is 1.10. The Kier molecular flexibility index (Phi) is 2.76. The van der Waals surface area contributed by atoms with Crippen LogP contribution in [0.15, 0.2) is 12.1 Å². The average molecular weight is 177 g/mol. The fraction of sp³-hybridized carbons (Fsp3) is 0.300. The number of rotatable bonds is 2. The van der Waals surface area contributed by atoms with Crippen LogP contribution in [0.1, 0.15) is 11.1 Å². The van der Waals surface area contributed by atoms with Crippen LogP contribution in [-0.4, -0.2) is 14.2 Å². The Morgan fingerprint density at radius 3 is 2.15 bits per heavy atom. The van der Waals surface area contributed by atoms with E-state index in [1.54, 1.807) is 26.4 Å². The minimum atomic E-state index is 0.588. The third-order valence-electron chi connectivity index (χ3n) is 1.85. The van der Waals surface area contributed by atoms with Gasteiger partial charge in [0.05, 0.1) is 25.9 Å². The molecule has 0 heterocycles. The number of nitrogens with zero attached hydrogens (tertiary/aromatic N) is 1. The molecular formula is C10H11NO2. The summed E-state index contributed by atoms with van der Waals surface area (Å²) in [4.78, 5) is 0. The highest BCUT2D eigenvalue weighted by Crippen LogP contribution is 2.29. The van der Waals surface area contributed by atoms with Crippen molar-refractivity contribution in [1.29, 1.82) is 5.26 Å². The minimum absolute atomic E-state index is 0.588. The number of aryl methyl sites for hydroxylation is 1. The molecule has 0 aliphatic heterocycles. The zero-order valence-electron chi connectivity index (χ0n) is 7.92. The maximum atomic E-state index is 8.76. The summed E-state index contributed by atoms with van der Waals surface area (Å²) in [6, 6.07) is 5.55. The van der Waals surface area contributed by atoms with Gasteiger partial charge >= 0.3 is 0 Å². The van der Waals surface area contributed by atoms with Gasteiger partial charge in [-0.1, -0.05) is 0 Å². The van der Waals surface area contributed by atoms with E-state index >= 15 is 0 Å². The summed E-state index contributed by atoms with van der Waals surface area (Å²) < 4.78 is 10.1. The van der Waals surface area contributed by atoms with Crippen molar-refractivity contribution in [3.05, 3.63) is 23.3 Å². The third-order valence-corrected chi connectivity index (χ3v) is 1.85. The van der Waals surface area contributed by atoms with Crippen LogP contribution >= 0.6 is 0 Å². The molecule has 0 amide bonds. The van der Waals surface area contributed by atoms with E-state index in [4.69, 9.17) is 14.7 Å². The highest BCUT2D eigenvalue weighted by atomic mass is 16.5. The van der Waals surface area contributed by atoms with Gasteiger partial charge < -0.3 is 9.47 Å². The molecule has 0 unspecified atom stereocenters. The predicted molar refractivity (Wildman–Crippen MR) is 49.0 cm³/mol. The molecule has 0 aromatic heterocycles. The Morgan fingerprint density at radius 1 is 1.15 bits per heavy atom. The van der Waals surface area contributed by atoms with Gasteiger partial charge in [0.25, 0.3) is 0 Å². The summed E-state index contributed by atoms with van der Waals surface area (Å²) in [5.41, 5.74) is 1.50. The Hall–Kier alpha value is -1.69. The highest BCUT2D eigenvalue weighted by molar-refractivity contribution is 5.51. The summed E-state index contributed by atoms with van der Waals surface area (Å²) in [5.74, 6) is 1.24. The third kappa shape index (κ3) is 1.73. The summed E-state index contributed by atoms with van der Waals surface area (Å²) in [6.45, 7) is 1.86. The Morgan fingerprint density at radius 2 is 1.69 bits per heavy atom. The highest BCUT2D eigenvalue weighted by Gasteiger charge is 2.07. The van der Waals surface area contributed by atoms with Gasteiger partial charge in [-0.2, -0.15) is 5.26 Å². The van der Waals surface area contributed by atoms with Gasteiger partial charge in [-0.25, -0.2) is 0 Å². The molecule has 1 aromatic carbocycles. The summed E-state index contributed by atoms with van der Waals surface area (Å²) in [5, 5.41) is 8.76. The molecule has 0 saturated heterocycles. The lowest BCUT2D eigenvalue weighted by Gasteiger charge is -2.08. The van der Waals surface area contributed by atoms with E-state index in [9.17, 15) is 0 Å². The maximum absolute atomic E-state index is 8.76. The number of ether oxygens (including phenoxy) is 2. The molecule has 1 aromatic rings. The average Bonchev–Trinajstić information content (AvgIpc) is 2.17. The molecule has 0 bridgehead atoms. The SMILES string of the molecule is COc1cc(C)c(C#N)cc1OC. The Balaban J connectivity index is 3.28. The monoisotopic (exact) mass is 177 g/mol. The van der Waals surface area contributed by atoms with Crippen molar-refractivity contribution in [2.75, 3.05) is 14.2 Å². The lowest BCUT2D eigenvalue weighted by Crippen LogP contribution is -1.93. The molecule has 0 aliphatic carbocycles. The largest absolute Gasteiger partial charge is 0.493 e. The zero-order chi connectivity index (χ0) is 9.84. The van der Waals surface area contributed by atoms with Crippen LogP contribution in [0.2, 0.25) is 0 Å². The molecule has 0 atom stereocenters. The van der Waals surface area contributed by atoms with Crippen molar-refractivity contribution >= 4 is 0 Å². The van der Waals surface area contributed by atoms with E-state index in [1.807, 2.05) is 6.92 Å². The molecule has 3 nitrogen and oxygen atoms in total. The van der Waals surface area contributed by atoms with Crippen LogP contribution < -0.4 is 9.47 Å². The number of hydrogen-bond donors (Lipinski definition) is 0. The number of hydrogen-bond acceptors (Lipinski definition) is 3. The van der Waals surface area contributed by atoms with E-state index in [1.165, 1.54) is 0 Å². The lowest BCUT2D eigenvalue weighted by molar-refractivity contribution is 0.354. The minimum Gasteiger partial charge on any atom is -0.493 e. The number of nitriles is 1. The standard InChI is InChI=1S/C10H11NO2/c1-7-4-9(12-2)10(13-3)5-8(7)6-11/h4-5H,1-3H3. The van der Waals surface area contributed by atoms with E-state index in [2.05, 4.69) is 6.07 Å². The molecular weight excluding hydrogens is 166 g/mol.